The number of guanidine groups is 1. The molecule has 0 saturated carbocycles. The Hall–Kier alpha value is -2.55. The maximum absolute atomic E-state index is 5.43. The molecule has 0 unspecified atom stereocenters. The number of nitrogens with zero attached hydrogens (tertiary/aromatic N) is 2. The van der Waals surface area contributed by atoms with Crippen LogP contribution in [-0.2, 0) is 13.1 Å². The molecule has 148 valence electrons. The lowest BCUT2D eigenvalue weighted by Crippen LogP contribution is -2.36. The summed E-state index contributed by atoms with van der Waals surface area (Å²) in [5, 5.41) is 10.7. The number of aromatic nitrogens is 1. The molecule has 0 fully saturated rings. The number of hydrogen-bond acceptors (Lipinski definition) is 4. The van der Waals surface area contributed by atoms with E-state index in [0.717, 1.165) is 40.8 Å². The lowest BCUT2D eigenvalue weighted by atomic mass is 10.2. The van der Waals surface area contributed by atoms with Gasteiger partial charge >= 0.3 is 0 Å². The summed E-state index contributed by atoms with van der Waals surface area (Å²) in [6.45, 7) is 3.93. The summed E-state index contributed by atoms with van der Waals surface area (Å²) in [4.78, 5) is 4.61. The zero-order valence-electron chi connectivity index (χ0n) is 16.0. The van der Waals surface area contributed by atoms with Gasteiger partial charge in [0, 0.05) is 18.2 Å². The predicted octanol–water partition coefficient (Wildman–Crippen LogP) is 4.22. The van der Waals surface area contributed by atoms with Gasteiger partial charge in [-0.25, -0.2) is 4.99 Å². The fraction of sp³-hybridized carbons (Fsp3) is 0.238. The van der Waals surface area contributed by atoms with Crippen LogP contribution in [0.5, 0.6) is 5.75 Å². The van der Waals surface area contributed by atoms with Crippen molar-refractivity contribution in [1.29, 1.82) is 0 Å². The van der Waals surface area contributed by atoms with Crippen molar-refractivity contribution < 1.29 is 9.26 Å². The number of aliphatic imine (C=N–C) groups is 1. The van der Waals surface area contributed by atoms with E-state index in [1.807, 2.05) is 67.6 Å². The number of hydrogen-bond donors (Lipinski definition) is 2. The van der Waals surface area contributed by atoms with Crippen molar-refractivity contribution in [2.45, 2.75) is 20.0 Å². The second kappa shape index (κ2) is 11.3. The Kier molecular flexibility index (Phi) is 8.80. The number of methoxy groups -OCH3 is 1. The van der Waals surface area contributed by atoms with E-state index in [2.05, 4.69) is 20.8 Å². The van der Waals surface area contributed by atoms with Crippen molar-refractivity contribution in [1.82, 2.24) is 15.8 Å². The summed E-state index contributed by atoms with van der Waals surface area (Å²) in [5.41, 5.74) is 2.95. The van der Waals surface area contributed by atoms with Crippen LogP contribution in [0.1, 0.15) is 18.2 Å². The third-order valence-electron chi connectivity index (χ3n) is 3.98. The molecule has 3 aromatic rings. The van der Waals surface area contributed by atoms with Crippen molar-refractivity contribution in [3.63, 3.8) is 0 Å². The molecule has 28 heavy (non-hydrogen) atoms. The van der Waals surface area contributed by atoms with Gasteiger partial charge in [0.25, 0.3) is 0 Å². The van der Waals surface area contributed by atoms with Crippen LogP contribution < -0.4 is 15.4 Å². The fourth-order valence-electron chi connectivity index (χ4n) is 2.55. The van der Waals surface area contributed by atoms with E-state index in [-0.39, 0.29) is 24.0 Å². The highest BCUT2D eigenvalue weighted by atomic mass is 127. The molecule has 1 heterocycles. The number of halogens is 1. The summed E-state index contributed by atoms with van der Waals surface area (Å²) in [6, 6.07) is 19.8. The molecule has 0 aliphatic rings. The van der Waals surface area contributed by atoms with Gasteiger partial charge in [-0.05, 0) is 24.6 Å². The molecule has 3 rings (SSSR count). The van der Waals surface area contributed by atoms with Gasteiger partial charge in [-0.15, -0.1) is 24.0 Å². The van der Waals surface area contributed by atoms with Crippen LogP contribution in [0.3, 0.4) is 0 Å². The van der Waals surface area contributed by atoms with E-state index in [4.69, 9.17) is 9.26 Å². The Balaban J connectivity index is 0.00000280. The van der Waals surface area contributed by atoms with Gasteiger partial charge in [-0.2, -0.15) is 0 Å². The summed E-state index contributed by atoms with van der Waals surface area (Å²) in [6.07, 6.45) is 0. The normalized spacial score (nSPS) is 10.9. The molecule has 2 aromatic carbocycles. The largest absolute Gasteiger partial charge is 0.497 e. The number of nitrogens with one attached hydrogen (secondary N) is 2. The molecule has 0 aliphatic carbocycles. The molecule has 0 amide bonds. The first-order valence-corrected chi connectivity index (χ1v) is 8.94. The fourth-order valence-corrected chi connectivity index (χ4v) is 2.55. The SMILES string of the molecule is CCNC(=NCc1ccc(OC)cc1)NCc1cc(-c2ccccc2)on1.I. The minimum Gasteiger partial charge on any atom is -0.497 e. The number of benzene rings is 2. The van der Waals surface area contributed by atoms with Gasteiger partial charge < -0.3 is 19.9 Å². The Labute approximate surface area is 182 Å². The molecule has 0 bridgehead atoms. The van der Waals surface area contributed by atoms with E-state index in [0.29, 0.717) is 13.1 Å². The van der Waals surface area contributed by atoms with Crippen LogP contribution in [-0.4, -0.2) is 24.8 Å². The Morgan fingerprint density at radius 1 is 1.07 bits per heavy atom. The zero-order valence-corrected chi connectivity index (χ0v) is 18.3. The maximum atomic E-state index is 5.43. The van der Waals surface area contributed by atoms with Crippen LogP contribution >= 0.6 is 24.0 Å². The van der Waals surface area contributed by atoms with Crippen molar-refractivity contribution in [3.05, 3.63) is 71.9 Å². The van der Waals surface area contributed by atoms with Gasteiger partial charge in [-0.1, -0.05) is 47.6 Å². The first-order valence-electron chi connectivity index (χ1n) is 8.94. The van der Waals surface area contributed by atoms with Gasteiger partial charge in [0.05, 0.1) is 20.2 Å². The van der Waals surface area contributed by atoms with E-state index >= 15 is 0 Å². The number of rotatable bonds is 7. The average molecular weight is 492 g/mol. The molecule has 0 saturated heterocycles. The van der Waals surface area contributed by atoms with Crippen LogP contribution in [0.4, 0.5) is 0 Å². The highest BCUT2D eigenvalue weighted by Crippen LogP contribution is 2.19. The Morgan fingerprint density at radius 3 is 2.50 bits per heavy atom. The molecule has 7 heteroatoms. The van der Waals surface area contributed by atoms with Crippen molar-refractivity contribution >= 4 is 29.9 Å². The van der Waals surface area contributed by atoms with Crippen LogP contribution in [0.15, 0.2) is 70.2 Å². The molecule has 0 radical (unpaired) electrons. The molecule has 2 N–H and O–H groups in total. The van der Waals surface area contributed by atoms with Gasteiger partial charge in [0.2, 0.25) is 0 Å². The van der Waals surface area contributed by atoms with E-state index in [1.54, 1.807) is 7.11 Å². The van der Waals surface area contributed by atoms with Crippen LogP contribution in [0, 0.1) is 0 Å². The minimum atomic E-state index is 0. The van der Waals surface area contributed by atoms with Crippen LogP contribution in [0.25, 0.3) is 11.3 Å². The lowest BCUT2D eigenvalue weighted by Gasteiger charge is -2.10. The topological polar surface area (TPSA) is 71.7 Å². The first kappa shape index (κ1) is 21.7. The zero-order chi connectivity index (χ0) is 18.9. The Bertz CT molecular complexity index is 864. The molecular weight excluding hydrogens is 467 g/mol. The lowest BCUT2D eigenvalue weighted by molar-refractivity contribution is 0.414. The first-order chi connectivity index (χ1) is 13.3. The monoisotopic (exact) mass is 492 g/mol. The third-order valence-corrected chi connectivity index (χ3v) is 3.98. The summed E-state index contributed by atoms with van der Waals surface area (Å²) in [7, 11) is 1.66. The average Bonchev–Trinajstić information content (AvgIpc) is 3.20. The highest BCUT2D eigenvalue weighted by Gasteiger charge is 2.07. The van der Waals surface area contributed by atoms with E-state index in [9.17, 15) is 0 Å². The highest BCUT2D eigenvalue weighted by molar-refractivity contribution is 14.0. The third kappa shape index (κ3) is 6.26. The van der Waals surface area contributed by atoms with Gasteiger partial charge in [0.1, 0.15) is 11.4 Å². The van der Waals surface area contributed by atoms with Crippen LogP contribution in [0.2, 0.25) is 0 Å². The summed E-state index contributed by atoms with van der Waals surface area (Å²) in [5.74, 6) is 2.33. The summed E-state index contributed by atoms with van der Waals surface area (Å²) < 4.78 is 10.6. The van der Waals surface area contributed by atoms with E-state index < -0.39 is 0 Å². The predicted molar refractivity (Wildman–Crippen MR) is 122 cm³/mol. The maximum Gasteiger partial charge on any atom is 0.191 e. The second-order valence-corrected chi connectivity index (χ2v) is 5.95. The molecule has 1 aromatic heterocycles. The molecule has 6 nitrogen and oxygen atoms in total. The molecule has 0 atom stereocenters. The second-order valence-electron chi connectivity index (χ2n) is 5.95. The minimum absolute atomic E-state index is 0. The molecular formula is C21H25IN4O2. The quantitative estimate of drug-likeness (QED) is 0.294. The van der Waals surface area contributed by atoms with Gasteiger partial charge in [0.15, 0.2) is 11.7 Å². The van der Waals surface area contributed by atoms with Crippen molar-refractivity contribution in [2.24, 2.45) is 4.99 Å². The van der Waals surface area contributed by atoms with Gasteiger partial charge in [-0.3, -0.25) is 0 Å². The number of ether oxygens (including phenoxy) is 1. The summed E-state index contributed by atoms with van der Waals surface area (Å²) >= 11 is 0. The van der Waals surface area contributed by atoms with Crippen molar-refractivity contribution in [3.8, 4) is 17.1 Å². The molecule has 0 aliphatic heterocycles. The Morgan fingerprint density at radius 2 is 1.82 bits per heavy atom. The van der Waals surface area contributed by atoms with E-state index in [1.165, 1.54) is 0 Å². The van der Waals surface area contributed by atoms with Crippen molar-refractivity contribution in [2.75, 3.05) is 13.7 Å². The smallest absolute Gasteiger partial charge is 0.191 e. The molecule has 0 spiro atoms. The standard InChI is InChI=1S/C21H24N4O2.HI/c1-3-22-21(23-14-16-9-11-19(26-2)12-10-16)24-15-18-13-20(27-25-18)17-7-5-4-6-8-17;/h4-13H,3,14-15H2,1-2H3,(H2,22,23,24);1H.